The summed E-state index contributed by atoms with van der Waals surface area (Å²) in [5.74, 6) is 0.939. The smallest absolute Gasteiger partial charge is 0.217 e. The predicted molar refractivity (Wildman–Crippen MR) is 107 cm³/mol. The number of anilines is 1. The number of carbonyl (C=O) groups excluding carboxylic acids is 1. The molecule has 2 aromatic rings. The Bertz CT molecular complexity index is 712. The van der Waals surface area contributed by atoms with E-state index in [0.29, 0.717) is 0 Å². The van der Waals surface area contributed by atoms with E-state index in [2.05, 4.69) is 51.7 Å². The van der Waals surface area contributed by atoms with Crippen LogP contribution in [0.3, 0.4) is 0 Å². The molecule has 1 N–H and O–H groups in total. The molecule has 0 radical (unpaired) electrons. The Morgan fingerprint density at radius 2 is 1.88 bits per heavy atom. The lowest BCUT2D eigenvalue weighted by molar-refractivity contribution is -0.120. The van der Waals surface area contributed by atoms with Gasteiger partial charge in [-0.3, -0.25) is 9.69 Å². The summed E-state index contributed by atoms with van der Waals surface area (Å²) < 4.78 is 5.51. The molecule has 2 atom stereocenters. The molecule has 26 heavy (non-hydrogen) atoms. The van der Waals surface area contributed by atoms with E-state index < -0.39 is 0 Å². The number of nitrogens with one attached hydrogen (secondary N) is 1. The zero-order valence-corrected chi connectivity index (χ0v) is 16.5. The molecule has 1 saturated heterocycles. The number of amides is 1. The summed E-state index contributed by atoms with van der Waals surface area (Å²) in [6.45, 7) is 7.46. The third-order valence-electron chi connectivity index (χ3n) is 4.87. The van der Waals surface area contributed by atoms with Gasteiger partial charge in [-0.25, -0.2) is 0 Å². The van der Waals surface area contributed by atoms with E-state index in [-0.39, 0.29) is 18.0 Å². The van der Waals surface area contributed by atoms with Crippen LogP contribution in [0.4, 0.5) is 5.69 Å². The topological polar surface area (TPSA) is 44.8 Å². The molecule has 1 aromatic heterocycles. The number of methoxy groups -OCH3 is 1. The number of benzene rings is 1. The van der Waals surface area contributed by atoms with Gasteiger partial charge in [-0.05, 0) is 30.5 Å². The van der Waals surface area contributed by atoms with Crippen LogP contribution in [0.1, 0.15) is 24.8 Å². The van der Waals surface area contributed by atoms with Gasteiger partial charge in [-0.15, -0.1) is 11.3 Å². The van der Waals surface area contributed by atoms with Gasteiger partial charge in [0.1, 0.15) is 5.75 Å². The van der Waals surface area contributed by atoms with Gasteiger partial charge in [-0.1, -0.05) is 18.2 Å². The van der Waals surface area contributed by atoms with Crippen molar-refractivity contribution in [2.45, 2.75) is 25.9 Å². The molecule has 2 heterocycles. The van der Waals surface area contributed by atoms with Crippen LogP contribution >= 0.6 is 11.3 Å². The van der Waals surface area contributed by atoms with E-state index in [1.54, 1.807) is 25.4 Å². The molecule has 0 bridgehead atoms. The molecular weight excluding hydrogens is 346 g/mol. The Morgan fingerprint density at radius 1 is 1.15 bits per heavy atom. The fourth-order valence-electron chi connectivity index (χ4n) is 3.73. The lowest BCUT2D eigenvalue weighted by Crippen LogP contribution is -2.52. The lowest BCUT2D eigenvalue weighted by atomic mass is 10.0. The van der Waals surface area contributed by atoms with Crippen molar-refractivity contribution in [3.05, 3.63) is 46.7 Å². The van der Waals surface area contributed by atoms with Gasteiger partial charge in [0.05, 0.1) is 18.8 Å². The van der Waals surface area contributed by atoms with Crippen molar-refractivity contribution >= 4 is 22.9 Å². The van der Waals surface area contributed by atoms with Crippen LogP contribution < -0.4 is 15.0 Å². The average Bonchev–Trinajstić information content (AvgIpc) is 3.16. The Hall–Kier alpha value is -2.05. The van der Waals surface area contributed by atoms with Crippen LogP contribution in [-0.4, -0.2) is 50.1 Å². The van der Waals surface area contributed by atoms with Crippen molar-refractivity contribution in [2.24, 2.45) is 0 Å². The fourth-order valence-corrected chi connectivity index (χ4v) is 4.70. The van der Waals surface area contributed by atoms with Crippen molar-refractivity contribution in [3.63, 3.8) is 0 Å². The highest BCUT2D eigenvalue weighted by molar-refractivity contribution is 7.10. The van der Waals surface area contributed by atoms with Crippen molar-refractivity contribution in [1.29, 1.82) is 0 Å². The van der Waals surface area contributed by atoms with E-state index in [4.69, 9.17) is 4.74 Å². The second kappa shape index (κ2) is 8.56. The standard InChI is InChI=1S/C20H27N3O2S/c1-15(21-16(2)24)20(19-9-6-14-26-19)23-12-10-22(11-13-23)17-7-4-5-8-18(17)25-3/h4-9,14-15,20H,10-13H2,1-3H3,(H,21,24)/t15-,20+/m0/s1. The van der Waals surface area contributed by atoms with E-state index in [9.17, 15) is 4.79 Å². The number of ether oxygens (including phenoxy) is 1. The highest BCUT2D eigenvalue weighted by atomic mass is 32.1. The molecule has 3 rings (SSSR count). The highest BCUT2D eigenvalue weighted by Crippen LogP contribution is 2.32. The molecule has 1 fully saturated rings. The Balaban J connectivity index is 1.72. The number of rotatable bonds is 6. The third kappa shape index (κ3) is 4.19. The Labute approximate surface area is 159 Å². The first kappa shape index (κ1) is 18.7. The normalized spacial score (nSPS) is 17.6. The highest BCUT2D eigenvalue weighted by Gasteiger charge is 2.30. The number of para-hydroxylation sites is 2. The molecule has 0 spiro atoms. The lowest BCUT2D eigenvalue weighted by Gasteiger charge is -2.42. The van der Waals surface area contributed by atoms with Crippen molar-refractivity contribution < 1.29 is 9.53 Å². The summed E-state index contributed by atoms with van der Waals surface area (Å²) in [7, 11) is 1.72. The second-order valence-corrected chi connectivity index (χ2v) is 7.62. The van der Waals surface area contributed by atoms with Gasteiger partial charge in [0.2, 0.25) is 5.91 Å². The molecule has 140 valence electrons. The van der Waals surface area contributed by atoms with Gasteiger partial charge < -0.3 is 15.0 Å². The molecule has 1 aromatic carbocycles. The first-order valence-corrected chi connectivity index (χ1v) is 9.90. The summed E-state index contributed by atoms with van der Waals surface area (Å²) in [4.78, 5) is 17.7. The number of carbonyl (C=O) groups is 1. The summed E-state index contributed by atoms with van der Waals surface area (Å²) in [5.41, 5.74) is 1.15. The summed E-state index contributed by atoms with van der Waals surface area (Å²) >= 11 is 1.76. The van der Waals surface area contributed by atoms with Crippen LogP contribution in [0.5, 0.6) is 5.75 Å². The number of nitrogens with zero attached hydrogens (tertiary/aromatic N) is 2. The van der Waals surface area contributed by atoms with E-state index in [1.807, 2.05) is 12.1 Å². The van der Waals surface area contributed by atoms with Crippen molar-refractivity contribution in [3.8, 4) is 5.75 Å². The first-order chi connectivity index (χ1) is 12.6. The van der Waals surface area contributed by atoms with E-state index in [0.717, 1.165) is 37.6 Å². The van der Waals surface area contributed by atoms with Crippen LogP contribution in [-0.2, 0) is 4.79 Å². The van der Waals surface area contributed by atoms with Gasteiger partial charge in [0.25, 0.3) is 0 Å². The number of piperazine rings is 1. The number of hydrogen-bond donors (Lipinski definition) is 1. The van der Waals surface area contributed by atoms with Gasteiger partial charge in [0, 0.05) is 44.0 Å². The Morgan fingerprint density at radius 3 is 2.50 bits per heavy atom. The second-order valence-electron chi connectivity index (χ2n) is 6.64. The number of thiophene rings is 1. The predicted octanol–water partition coefficient (Wildman–Crippen LogP) is 3.14. The minimum Gasteiger partial charge on any atom is -0.495 e. The fraction of sp³-hybridized carbons (Fsp3) is 0.450. The molecule has 1 aliphatic rings. The van der Waals surface area contributed by atoms with Crippen LogP contribution in [0, 0.1) is 0 Å². The summed E-state index contributed by atoms with van der Waals surface area (Å²) in [5, 5.41) is 5.19. The summed E-state index contributed by atoms with van der Waals surface area (Å²) in [6.07, 6.45) is 0. The van der Waals surface area contributed by atoms with E-state index >= 15 is 0 Å². The quantitative estimate of drug-likeness (QED) is 0.845. The van der Waals surface area contributed by atoms with Crippen LogP contribution in [0.2, 0.25) is 0 Å². The van der Waals surface area contributed by atoms with E-state index in [1.165, 1.54) is 4.88 Å². The molecule has 0 unspecified atom stereocenters. The molecule has 6 heteroatoms. The minimum absolute atomic E-state index is 0.0201. The largest absolute Gasteiger partial charge is 0.495 e. The monoisotopic (exact) mass is 373 g/mol. The Kier molecular flexibility index (Phi) is 6.16. The molecular formula is C20H27N3O2S. The van der Waals surface area contributed by atoms with Crippen LogP contribution in [0.25, 0.3) is 0 Å². The molecule has 0 saturated carbocycles. The maximum Gasteiger partial charge on any atom is 0.217 e. The third-order valence-corrected chi connectivity index (χ3v) is 5.82. The SMILES string of the molecule is COc1ccccc1N1CCN([C@@H](c2cccs2)[C@H](C)NC(C)=O)CC1. The zero-order chi connectivity index (χ0) is 18.5. The molecule has 1 amide bonds. The van der Waals surface area contributed by atoms with Crippen molar-refractivity contribution in [2.75, 3.05) is 38.2 Å². The molecule has 5 nitrogen and oxygen atoms in total. The maximum absolute atomic E-state index is 11.6. The molecule has 0 aliphatic carbocycles. The zero-order valence-electron chi connectivity index (χ0n) is 15.6. The van der Waals surface area contributed by atoms with Gasteiger partial charge in [0.15, 0.2) is 0 Å². The van der Waals surface area contributed by atoms with Gasteiger partial charge >= 0.3 is 0 Å². The average molecular weight is 374 g/mol. The maximum atomic E-state index is 11.6. The van der Waals surface area contributed by atoms with Gasteiger partial charge in [-0.2, -0.15) is 0 Å². The number of hydrogen-bond acceptors (Lipinski definition) is 5. The van der Waals surface area contributed by atoms with Crippen molar-refractivity contribution in [1.82, 2.24) is 10.2 Å². The summed E-state index contributed by atoms with van der Waals surface area (Å²) in [6, 6.07) is 12.7. The minimum atomic E-state index is 0.0201. The molecule has 1 aliphatic heterocycles. The first-order valence-electron chi connectivity index (χ1n) is 9.02. The van der Waals surface area contributed by atoms with Crippen LogP contribution in [0.15, 0.2) is 41.8 Å².